The van der Waals surface area contributed by atoms with Crippen molar-refractivity contribution in [2.45, 2.75) is 4.90 Å². The molecule has 1 rings (SSSR count). The molecule has 0 aliphatic rings. The summed E-state index contributed by atoms with van der Waals surface area (Å²) in [6.45, 7) is 0.383. The topological polar surface area (TPSA) is 81.4 Å². The molecular formula is C11H13BrN2O3S. The summed E-state index contributed by atoms with van der Waals surface area (Å²) >= 11 is 7.45. The molecule has 0 saturated carbocycles. The van der Waals surface area contributed by atoms with E-state index in [1.54, 1.807) is 18.2 Å². The van der Waals surface area contributed by atoms with Gasteiger partial charge < -0.3 is 15.8 Å². The van der Waals surface area contributed by atoms with Crippen molar-refractivity contribution >= 4 is 40.4 Å². The molecule has 3 N–H and O–H groups in total. The third-order valence-corrected chi connectivity index (χ3v) is 2.94. The lowest BCUT2D eigenvalue weighted by Gasteiger charge is -2.07. The Labute approximate surface area is 119 Å². The molecule has 0 heterocycles. The zero-order valence-electron chi connectivity index (χ0n) is 9.48. The molecule has 2 amide bonds. The van der Waals surface area contributed by atoms with Crippen LogP contribution >= 0.6 is 28.6 Å². The lowest BCUT2D eigenvalue weighted by atomic mass is 10.2. The predicted octanol–water partition coefficient (Wildman–Crippen LogP) is 0.969. The van der Waals surface area contributed by atoms with Crippen molar-refractivity contribution in [3.8, 4) is 0 Å². The van der Waals surface area contributed by atoms with E-state index < -0.39 is 5.91 Å². The van der Waals surface area contributed by atoms with E-state index >= 15 is 0 Å². The van der Waals surface area contributed by atoms with E-state index in [1.807, 2.05) is 0 Å². The number of rotatable bonds is 6. The average Bonchev–Trinajstić information content (AvgIpc) is 2.31. The largest absolute Gasteiger partial charge is 0.370 e. The van der Waals surface area contributed by atoms with Crippen LogP contribution in [0, 0.1) is 0 Å². The summed E-state index contributed by atoms with van der Waals surface area (Å²) in [6.07, 6.45) is 0. The number of thiol groups is 1. The Morgan fingerprint density at radius 3 is 2.83 bits per heavy atom. The van der Waals surface area contributed by atoms with Crippen LogP contribution < -0.4 is 11.1 Å². The minimum atomic E-state index is -0.535. The smallest absolute Gasteiger partial charge is 0.252 e. The minimum absolute atomic E-state index is 0.147. The van der Waals surface area contributed by atoms with Gasteiger partial charge in [-0.2, -0.15) is 0 Å². The first-order chi connectivity index (χ1) is 8.50. The SMILES string of the molecule is NC(=O)COCCNC(=O)c1cc(S)ccc1Br. The van der Waals surface area contributed by atoms with Crippen LogP contribution in [0.5, 0.6) is 0 Å². The summed E-state index contributed by atoms with van der Waals surface area (Å²) in [4.78, 5) is 22.9. The van der Waals surface area contributed by atoms with Crippen molar-refractivity contribution in [3.05, 3.63) is 28.2 Å². The van der Waals surface area contributed by atoms with Gasteiger partial charge in [-0.05, 0) is 34.1 Å². The van der Waals surface area contributed by atoms with E-state index in [0.29, 0.717) is 21.5 Å². The number of nitrogens with one attached hydrogen (secondary N) is 1. The van der Waals surface area contributed by atoms with Gasteiger partial charge in [-0.25, -0.2) is 0 Å². The van der Waals surface area contributed by atoms with Gasteiger partial charge in [0.1, 0.15) is 6.61 Å². The highest BCUT2D eigenvalue weighted by molar-refractivity contribution is 9.10. The van der Waals surface area contributed by atoms with Crippen molar-refractivity contribution in [1.29, 1.82) is 0 Å². The van der Waals surface area contributed by atoms with Crippen LogP contribution in [0.4, 0.5) is 0 Å². The van der Waals surface area contributed by atoms with E-state index in [0.717, 1.165) is 0 Å². The van der Waals surface area contributed by atoms with Crippen LogP contribution in [0.25, 0.3) is 0 Å². The van der Waals surface area contributed by atoms with E-state index in [9.17, 15) is 9.59 Å². The number of halogens is 1. The van der Waals surface area contributed by atoms with Crippen LogP contribution in [0.1, 0.15) is 10.4 Å². The molecule has 5 nitrogen and oxygen atoms in total. The van der Waals surface area contributed by atoms with Gasteiger partial charge in [0, 0.05) is 15.9 Å². The number of carbonyl (C=O) groups excluding carboxylic acids is 2. The molecule has 98 valence electrons. The molecule has 0 aromatic heterocycles. The molecule has 0 radical (unpaired) electrons. The number of amides is 2. The van der Waals surface area contributed by atoms with Crippen molar-refractivity contribution < 1.29 is 14.3 Å². The maximum absolute atomic E-state index is 11.8. The molecule has 0 bridgehead atoms. The number of carbonyl (C=O) groups is 2. The summed E-state index contributed by atoms with van der Waals surface area (Å²) in [6, 6.07) is 5.19. The Morgan fingerprint density at radius 1 is 1.44 bits per heavy atom. The summed E-state index contributed by atoms with van der Waals surface area (Å²) in [5.74, 6) is -0.771. The Bertz CT molecular complexity index is 454. The monoisotopic (exact) mass is 332 g/mol. The molecule has 0 aliphatic carbocycles. The Kier molecular flexibility index (Phi) is 6.17. The second kappa shape index (κ2) is 7.40. The van der Waals surface area contributed by atoms with Crippen molar-refractivity contribution in [2.75, 3.05) is 19.8 Å². The van der Waals surface area contributed by atoms with E-state index in [1.165, 1.54) is 0 Å². The summed E-state index contributed by atoms with van der Waals surface area (Å²) in [5.41, 5.74) is 5.39. The normalized spacial score (nSPS) is 10.1. The summed E-state index contributed by atoms with van der Waals surface area (Å²) in [5, 5.41) is 2.66. The first kappa shape index (κ1) is 15.0. The standard InChI is InChI=1S/C11H13BrN2O3S/c12-9-2-1-7(18)5-8(9)11(16)14-3-4-17-6-10(13)15/h1-2,5,18H,3-4,6H2,(H2,13,15)(H,14,16). The highest BCUT2D eigenvalue weighted by Gasteiger charge is 2.09. The third kappa shape index (κ3) is 5.07. The van der Waals surface area contributed by atoms with Crippen LogP contribution in [-0.4, -0.2) is 31.6 Å². The van der Waals surface area contributed by atoms with Crippen LogP contribution in [-0.2, 0) is 9.53 Å². The van der Waals surface area contributed by atoms with E-state index in [-0.39, 0.29) is 19.1 Å². The first-order valence-corrected chi connectivity index (χ1v) is 6.37. The second-order valence-corrected chi connectivity index (χ2v) is 4.81. The molecule has 1 aromatic rings. The zero-order chi connectivity index (χ0) is 13.5. The first-order valence-electron chi connectivity index (χ1n) is 5.13. The molecule has 1 aromatic carbocycles. The fourth-order valence-electron chi connectivity index (χ4n) is 1.19. The van der Waals surface area contributed by atoms with Gasteiger partial charge in [-0.15, -0.1) is 12.6 Å². The number of hydrogen-bond acceptors (Lipinski definition) is 4. The molecule has 0 saturated heterocycles. The molecular weight excluding hydrogens is 320 g/mol. The van der Waals surface area contributed by atoms with Gasteiger partial charge in [0.05, 0.1) is 12.2 Å². The van der Waals surface area contributed by atoms with Crippen LogP contribution in [0.2, 0.25) is 0 Å². The highest BCUT2D eigenvalue weighted by Crippen LogP contribution is 2.19. The number of nitrogens with two attached hydrogens (primary N) is 1. The van der Waals surface area contributed by atoms with Crippen molar-refractivity contribution in [1.82, 2.24) is 5.32 Å². The molecule has 0 spiro atoms. The Morgan fingerprint density at radius 2 is 2.17 bits per heavy atom. The molecule has 0 atom stereocenters. The zero-order valence-corrected chi connectivity index (χ0v) is 12.0. The number of ether oxygens (including phenoxy) is 1. The average molecular weight is 333 g/mol. The van der Waals surface area contributed by atoms with Gasteiger partial charge >= 0.3 is 0 Å². The summed E-state index contributed by atoms with van der Waals surface area (Å²) in [7, 11) is 0. The minimum Gasteiger partial charge on any atom is -0.370 e. The van der Waals surface area contributed by atoms with E-state index in [4.69, 9.17) is 10.5 Å². The second-order valence-electron chi connectivity index (χ2n) is 3.44. The predicted molar refractivity (Wildman–Crippen MR) is 73.7 cm³/mol. The van der Waals surface area contributed by atoms with Crippen LogP contribution in [0.15, 0.2) is 27.6 Å². The van der Waals surface area contributed by atoms with Gasteiger partial charge in [-0.3, -0.25) is 9.59 Å². The molecule has 18 heavy (non-hydrogen) atoms. The maximum atomic E-state index is 11.8. The van der Waals surface area contributed by atoms with Gasteiger partial charge in [0.2, 0.25) is 5.91 Å². The third-order valence-electron chi connectivity index (χ3n) is 1.97. The van der Waals surface area contributed by atoms with Gasteiger partial charge in [-0.1, -0.05) is 0 Å². The lowest BCUT2D eigenvalue weighted by molar-refractivity contribution is -0.122. The Balaban J connectivity index is 2.41. The van der Waals surface area contributed by atoms with Gasteiger partial charge in [0.25, 0.3) is 5.91 Å². The highest BCUT2D eigenvalue weighted by atomic mass is 79.9. The number of benzene rings is 1. The maximum Gasteiger partial charge on any atom is 0.252 e. The van der Waals surface area contributed by atoms with Crippen molar-refractivity contribution in [2.24, 2.45) is 5.73 Å². The number of hydrogen-bond donors (Lipinski definition) is 3. The molecule has 0 unspecified atom stereocenters. The fourth-order valence-corrected chi connectivity index (χ4v) is 1.82. The summed E-state index contributed by atoms with van der Waals surface area (Å²) < 4.78 is 5.61. The number of primary amides is 1. The molecule has 0 fully saturated rings. The lowest BCUT2D eigenvalue weighted by Crippen LogP contribution is -2.29. The van der Waals surface area contributed by atoms with Crippen molar-refractivity contribution in [3.63, 3.8) is 0 Å². The molecule has 0 aliphatic heterocycles. The Hall–Kier alpha value is -1.05. The van der Waals surface area contributed by atoms with Gasteiger partial charge in [0.15, 0.2) is 0 Å². The molecule has 7 heteroatoms. The van der Waals surface area contributed by atoms with Crippen LogP contribution in [0.3, 0.4) is 0 Å². The fraction of sp³-hybridized carbons (Fsp3) is 0.273. The quantitative estimate of drug-likeness (QED) is 0.536. The van der Waals surface area contributed by atoms with E-state index in [2.05, 4.69) is 33.9 Å².